The van der Waals surface area contributed by atoms with Crippen molar-refractivity contribution in [3.05, 3.63) is 29.8 Å². The molecule has 0 atom stereocenters. The number of amides is 1. The smallest absolute Gasteiger partial charge is 0.387 e. The average molecular weight is 258 g/mol. The molecular weight excluding hydrogens is 242 g/mol. The van der Waals surface area contributed by atoms with Crippen molar-refractivity contribution in [2.45, 2.75) is 26.0 Å². The fourth-order valence-corrected chi connectivity index (χ4v) is 1.22. The second-order valence-electron chi connectivity index (χ2n) is 4.58. The summed E-state index contributed by atoms with van der Waals surface area (Å²) >= 11 is 0. The maximum absolute atomic E-state index is 12.0. The van der Waals surface area contributed by atoms with Gasteiger partial charge in [0.1, 0.15) is 5.75 Å². The number of benzene rings is 1. The van der Waals surface area contributed by atoms with E-state index in [1.54, 1.807) is 13.8 Å². The molecule has 0 heterocycles. The molecule has 0 aliphatic rings. The van der Waals surface area contributed by atoms with Gasteiger partial charge >= 0.3 is 6.61 Å². The predicted molar refractivity (Wildman–Crippen MR) is 63.7 cm³/mol. The Labute approximate surface area is 104 Å². The van der Waals surface area contributed by atoms with E-state index in [0.717, 1.165) is 0 Å². The minimum Gasteiger partial charge on any atom is -0.435 e. The summed E-state index contributed by atoms with van der Waals surface area (Å²) < 4.78 is 28.2. The molecule has 0 fully saturated rings. The van der Waals surface area contributed by atoms with Crippen LogP contribution in [-0.2, 0) is 0 Å². The van der Waals surface area contributed by atoms with Crippen molar-refractivity contribution in [1.29, 1.82) is 0 Å². The second-order valence-corrected chi connectivity index (χ2v) is 4.58. The molecule has 0 aliphatic heterocycles. The Morgan fingerprint density at radius 1 is 1.50 bits per heavy atom. The number of rotatable bonds is 5. The highest BCUT2D eigenvalue weighted by Crippen LogP contribution is 2.15. The third-order valence-electron chi connectivity index (χ3n) is 2.03. The fourth-order valence-electron chi connectivity index (χ4n) is 1.22. The summed E-state index contributed by atoms with van der Waals surface area (Å²) in [6, 6.07) is 5.60. The molecule has 0 radical (unpaired) electrons. The van der Waals surface area contributed by atoms with Gasteiger partial charge in [-0.3, -0.25) is 4.79 Å². The first-order chi connectivity index (χ1) is 8.28. The van der Waals surface area contributed by atoms with Crippen molar-refractivity contribution < 1.29 is 18.3 Å². The molecule has 18 heavy (non-hydrogen) atoms. The van der Waals surface area contributed by atoms with Gasteiger partial charge < -0.3 is 15.8 Å². The van der Waals surface area contributed by atoms with Crippen LogP contribution < -0.4 is 15.8 Å². The zero-order valence-electron chi connectivity index (χ0n) is 10.2. The molecule has 1 rings (SSSR count). The van der Waals surface area contributed by atoms with Gasteiger partial charge in [0.25, 0.3) is 5.91 Å². The first-order valence-electron chi connectivity index (χ1n) is 5.40. The molecule has 0 unspecified atom stereocenters. The molecule has 0 bridgehead atoms. The average Bonchev–Trinajstić information content (AvgIpc) is 2.24. The molecule has 0 aliphatic carbocycles. The number of nitrogens with one attached hydrogen (secondary N) is 1. The van der Waals surface area contributed by atoms with Gasteiger partial charge in [0.15, 0.2) is 0 Å². The Kier molecular flexibility index (Phi) is 4.61. The number of hydrogen-bond donors (Lipinski definition) is 2. The van der Waals surface area contributed by atoms with Crippen LogP contribution in [0.2, 0.25) is 0 Å². The standard InChI is InChI=1S/C12H16F2N2O2/c1-12(2,15)7-16-10(17)8-4-3-5-9(6-8)18-11(13)14/h3-6,11H,7,15H2,1-2H3,(H,16,17). The zero-order chi connectivity index (χ0) is 13.8. The maximum atomic E-state index is 12.0. The van der Waals surface area contributed by atoms with Gasteiger partial charge in [-0.15, -0.1) is 0 Å². The summed E-state index contributed by atoms with van der Waals surface area (Å²) in [5, 5.41) is 2.61. The lowest BCUT2D eigenvalue weighted by Crippen LogP contribution is -2.45. The summed E-state index contributed by atoms with van der Waals surface area (Å²) in [7, 11) is 0. The largest absolute Gasteiger partial charge is 0.435 e. The molecule has 1 aromatic rings. The van der Waals surface area contributed by atoms with Gasteiger partial charge in [-0.25, -0.2) is 0 Å². The predicted octanol–water partition coefficient (Wildman–Crippen LogP) is 1.76. The van der Waals surface area contributed by atoms with Crippen LogP contribution in [0.1, 0.15) is 24.2 Å². The van der Waals surface area contributed by atoms with Crippen LogP contribution in [-0.4, -0.2) is 24.6 Å². The Balaban J connectivity index is 2.68. The molecule has 0 spiro atoms. The van der Waals surface area contributed by atoms with Crippen molar-refractivity contribution in [3.8, 4) is 5.75 Å². The summed E-state index contributed by atoms with van der Waals surface area (Å²) in [5.74, 6) is -0.432. The highest BCUT2D eigenvalue weighted by molar-refractivity contribution is 5.94. The SMILES string of the molecule is CC(C)(N)CNC(=O)c1cccc(OC(F)F)c1. The van der Waals surface area contributed by atoms with Gasteiger partial charge in [-0.1, -0.05) is 6.07 Å². The Hall–Kier alpha value is -1.69. The minimum absolute atomic E-state index is 0.0512. The number of alkyl halides is 2. The van der Waals surface area contributed by atoms with Gasteiger partial charge in [0, 0.05) is 17.6 Å². The number of ether oxygens (including phenoxy) is 1. The van der Waals surface area contributed by atoms with E-state index in [2.05, 4.69) is 10.1 Å². The topological polar surface area (TPSA) is 64.3 Å². The van der Waals surface area contributed by atoms with Crippen LogP contribution in [0.25, 0.3) is 0 Å². The molecule has 1 aromatic carbocycles. The lowest BCUT2D eigenvalue weighted by Gasteiger charge is -2.18. The lowest BCUT2D eigenvalue weighted by molar-refractivity contribution is -0.0498. The first kappa shape index (κ1) is 14.4. The van der Waals surface area contributed by atoms with E-state index in [-0.39, 0.29) is 23.8 Å². The van der Waals surface area contributed by atoms with E-state index < -0.39 is 12.2 Å². The van der Waals surface area contributed by atoms with E-state index in [0.29, 0.717) is 0 Å². The van der Waals surface area contributed by atoms with E-state index in [1.165, 1.54) is 24.3 Å². The van der Waals surface area contributed by atoms with Crippen LogP contribution in [0, 0.1) is 0 Å². The normalized spacial score (nSPS) is 11.4. The monoisotopic (exact) mass is 258 g/mol. The van der Waals surface area contributed by atoms with Crippen molar-refractivity contribution in [2.75, 3.05) is 6.54 Å². The molecule has 0 aromatic heterocycles. The summed E-state index contributed by atoms with van der Waals surface area (Å²) in [5.41, 5.74) is 5.43. The Morgan fingerprint density at radius 2 is 2.17 bits per heavy atom. The van der Waals surface area contributed by atoms with E-state index in [4.69, 9.17) is 5.73 Å². The second kappa shape index (κ2) is 5.77. The molecule has 6 heteroatoms. The summed E-state index contributed by atoms with van der Waals surface area (Å²) in [6.45, 7) is 0.908. The highest BCUT2D eigenvalue weighted by Gasteiger charge is 2.14. The number of hydrogen-bond acceptors (Lipinski definition) is 3. The third-order valence-corrected chi connectivity index (χ3v) is 2.03. The summed E-state index contributed by atoms with van der Waals surface area (Å²) in [4.78, 5) is 11.7. The van der Waals surface area contributed by atoms with Gasteiger partial charge in [0.05, 0.1) is 0 Å². The molecule has 100 valence electrons. The van der Waals surface area contributed by atoms with Crippen molar-refractivity contribution in [1.82, 2.24) is 5.32 Å². The Morgan fingerprint density at radius 3 is 2.72 bits per heavy atom. The van der Waals surface area contributed by atoms with E-state index in [9.17, 15) is 13.6 Å². The number of carbonyl (C=O) groups excluding carboxylic acids is 1. The third kappa shape index (κ3) is 5.09. The van der Waals surface area contributed by atoms with Crippen LogP contribution in [0.4, 0.5) is 8.78 Å². The molecular formula is C12H16F2N2O2. The van der Waals surface area contributed by atoms with Crippen molar-refractivity contribution >= 4 is 5.91 Å². The van der Waals surface area contributed by atoms with E-state index >= 15 is 0 Å². The van der Waals surface area contributed by atoms with Crippen molar-refractivity contribution in [2.24, 2.45) is 5.73 Å². The molecule has 1 amide bonds. The van der Waals surface area contributed by atoms with Crippen LogP contribution in [0.5, 0.6) is 5.75 Å². The number of carbonyl (C=O) groups is 1. The van der Waals surface area contributed by atoms with Crippen LogP contribution >= 0.6 is 0 Å². The number of nitrogens with two attached hydrogens (primary N) is 1. The van der Waals surface area contributed by atoms with Gasteiger partial charge in [-0.05, 0) is 32.0 Å². The lowest BCUT2D eigenvalue weighted by atomic mass is 10.1. The van der Waals surface area contributed by atoms with Gasteiger partial charge in [-0.2, -0.15) is 8.78 Å². The van der Waals surface area contributed by atoms with E-state index in [1.807, 2.05) is 0 Å². The maximum Gasteiger partial charge on any atom is 0.387 e. The minimum atomic E-state index is -2.91. The van der Waals surface area contributed by atoms with Crippen LogP contribution in [0.3, 0.4) is 0 Å². The first-order valence-corrected chi connectivity index (χ1v) is 5.40. The quantitative estimate of drug-likeness (QED) is 0.845. The molecule has 4 nitrogen and oxygen atoms in total. The molecule has 0 saturated carbocycles. The van der Waals surface area contributed by atoms with Crippen molar-refractivity contribution in [3.63, 3.8) is 0 Å². The van der Waals surface area contributed by atoms with Crippen LogP contribution in [0.15, 0.2) is 24.3 Å². The highest BCUT2D eigenvalue weighted by atomic mass is 19.3. The fraction of sp³-hybridized carbons (Fsp3) is 0.417. The molecule has 0 saturated heterocycles. The zero-order valence-corrected chi connectivity index (χ0v) is 10.2. The summed E-state index contributed by atoms with van der Waals surface area (Å²) in [6.07, 6.45) is 0. The Bertz CT molecular complexity index is 417. The number of halogens is 2. The van der Waals surface area contributed by atoms with Gasteiger partial charge in [0.2, 0.25) is 0 Å². The molecule has 3 N–H and O–H groups in total.